The van der Waals surface area contributed by atoms with Crippen LogP contribution < -0.4 is 5.73 Å². The third-order valence-electron chi connectivity index (χ3n) is 4.61. The molecule has 0 amide bonds. The summed E-state index contributed by atoms with van der Waals surface area (Å²) in [5.74, 6) is 0.267. The molecule has 5 heteroatoms. The van der Waals surface area contributed by atoms with Crippen molar-refractivity contribution in [3.8, 4) is 0 Å². The number of ketones is 1. The SMILES string of the molecule is NCc1nc(C(=O)C2CCOC3(CCCCC3)C2)cs1. The number of hydrogen-bond donors (Lipinski definition) is 1. The maximum Gasteiger partial charge on any atom is 0.185 e. The van der Waals surface area contributed by atoms with Crippen LogP contribution in [0.15, 0.2) is 5.38 Å². The van der Waals surface area contributed by atoms with Crippen LogP contribution in [0.25, 0.3) is 0 Å². The van der Waals surface area contributed by atoms with E-state index >= 15 is 0 Å². The molecule has 0 radical (unpaired) electrons. The van der Waals surface area contributed by atoms with E-state index in [0.29, 0.717) is 18.8 Å². The van der Waals surface area contributed by atoms with Gasteiger partial charge in [-0.3, -0.25) is 4.79 Å². The Morgan fingerprint density at radius 2 is 2.25 bits per heavy atom. The molecule has 1 saturated heterocycles. The van der Waals surface area contributed by atoms with Gasteiger partial charge in [0, 0.05) is 24.4 Å². The Balaban J connectivity index is 1.71. The quantitative estimate of drug-likeness (QED) is 0.871. The molecule has 4 nitrogen and oxygen atoms in total. The van der Waals surface area contributed by atoms with E-state index in [1.165, 1.54) is 30.6 Å². The van der Waals surface area contributed by atoms with Gasteiger partial charge >= 0.3 is 0 Å². The molecule has 20 heavy (non-hydrogen) atoms. The summed E-state index contributed by atoms with van der Waals surface area (Å²) in [5.41, 5.74) is 6.15. The predicted octanol–water partition coefficient (Wildman–Crippen LogP) is 2.91. The van der Waals surface area contributed by atoms with Crippen LogP contribution in [0.1, 0.15) is 60.4 Å². The van der Waals surface area contributed by atoms with Crippen LogP contribution in [0.2, 0.25) is 0 Å². The number of aromatic nitrogens is 1. The minimum Gasteiger partial charge on any atom is -0.375 e. The largest absolute Gasteiger partial charge is 0.375 e. The molecular formula is C15H22N2O2S. The van der Waals surface area contributed by atoms with Crippen LogP contribution in [-0.4, -0.2) is 23.0 Å². The highest BCUT2D eigenvalue weighted by Crippen LogP contribution is 2.41. The summed E-state index contributed by atoms with van der Waals surface area (Å²) in [6.45, 7) is 1.12. The summed E-state index contributed by atoms with van der Waals surface area (Å²) >= 11 is 1.48. The lowest BCUT2D eigenvalue weighted by Gasteiger charge is -2.43. The van der Waals surface area contributed by atoms with Crippen LogP contribution in [0, 0.1) is 5.92 Å². The average Bonchev–Trinajstić information content (AvgIpc) is 2.96. The molecule has 1 aromatic rings. The van der Waals surface area contributed by atoms with Crippen molar-refractivity contribution in [3.63, 3.8) is 0 Å². The Kier molecular flexibility index (Phi) is 4.19. The molecule has 0 bridgehead atoms. The zero-order valence-electron chi connectivity index (χ0n) is 11.8. The third-order valence-corrected chi connectivity index (χ3v) is 5.48. The number of carbonyl (C=O) groups is 1. The van der Waals surface area contributed by atoms with Crippen molar-refractivity contribution in [2.24, 2.45) is 11.7 Å². The summed E-state index contributed by atoms with van der Waals surface area (Å²) in [6, 6.07) is 0. The van der Waals surface area contributed by atoms with Crippen LogP contribution in [0.5, 0.6) is 0 Å². The third kappa shape index (κ3) is 2.80. The fraction of sp³-hybridized carbons (Fsp3) is 0.733. The van der Waals surface area contributed by atoms with Crippen molar-refractivity contribution in [1.29, 1.82) is 0 Å². The van der Waals surface area contributed by atoms with Gasteiger partial charge in [-0.1, -0.05) is 19.3 Å². The molecule has 1 saturated carbocycles. The number of nitrogens with zero attached hydrogens (tertiary/aromatic N) is 1. The van der Waals surface area contributed by atoms with E-state index in [-0.39, 0.29) is 17.3 Å². The van der Waals surface area contributed by atoms with Crippen LogP contribution in [0.3, 0.4) is 0 Å². The van der Waals surface area contributed by atoms with Gasteiger partial charge in [0.25, 0.3) is 0 Å². The fourth-order valence-corrected chi connectivity index (χ4v) is 4.19. The van der Waals surface area contributed by atoms with Gasteiger partial charge in [-0.15, -0.1) is 11.3 Å². The number of ether oxygens (including phenoxy) is 1. The first-order chi connectivity index (χ1) is 9.72. The lowest BCUT2D eigenvalue weighted by Crippen LogP contribution is -2.43. The molecule has 1 atom stereocenters. The first-order valence-corrected chi connectivity index (χ1v) is 8.43. The number of nitrogens with two attached hydrogens (primary N) is 1. The highest BCUT2D eigenvalue weighted by Gasteiger charge is 2.41. The topological polar surface area (TPSA) is 65.2 Å². The number of Topliss-reactive ketones (excluding diaryl/α,β-unsaturated/α-hetero) is 1. The predicted molar refractivity (Wildman–Crippen MR) is 78.8 cm³/mol. The minimum atomic E-state index is -0.0243. The summed E-state index contributed by atoms with van der Waals surface area (Å²) < 4.78 is 6.06. The Morgan fingerprint density at radius 3 is 2.95 bits per heavy atom. The second-order valence-corrected chi connectivity index (χ2v) is 6.92. The van der Waals surface area contributed by atoms with Gasteiger partial charge in [-0.25, -0.2) is 4.98 Å². The van der Waals surface area contributed by atoms with E-state index < -0.39 is 0 Å². The zero-order chi connectivity index (χ0) is 14.0. The highest BCUT2D eigenvalue weighted by molar-refractivity contribution is 7.09. The molecule has 2 aliphatic rings. The number of hydrogen-bond acceptors (Lipinski definition) is 5. The first kappa shape index (κ1) is 14.2. The average molecular weight is 294 g/mol. The maximum absolute atomic E-state index is 12.6. The van der Waals surface area contributed by atoms with Gasteiger partial charge in [-0.05, 0) is 25.7 Å². The molecule has 1 unspecified atom stereocenters. The van der Waals surface area contributed by atoms with Crippen LogP contribution >= 0.6 is 11.3 Å². The van der Waals surface area contributed by atoms with Crippen molar-refractivity contribution >= 4 is 17.1 Å². The van der Waals surface area contributed by atoms with Gasteiger partial charge < -0.3 is 10.5 Å². The van der Waals surface area contributed by atoms with E-state index in [2.05, 4.69) is 4.98 Å². The van der Waals surface area contributed by atoms with Gasteiger partial charge in [0.2, 0.25) is 0 Å². The minimum absolute atomic E-state index is 0.0243. The van der Waals surface area contributed by atoms with E-state index in [1.807, 2.05) is 5.38 Å². The lowest BCUT2D eigenvalue weighted by atomic mass is 9.75. The van der Waals surface area contributed by atoms with E-state index in [4.69, 9.17) is 10.5 Å². The zero-order valence-corrected chi connectivity index (χ0v) is 12.6. The van der Waals surface area contributed by atoms with E-state index in [0.717, 1.165) is 30.7 Å². The fourth-order valence-electron chi connectivity index (χ4n) is 3.52. The van der Waals surface area contributed by atoms with Crippen molar-refractivity contribution in [1.82, 2.24) is 4.98 Å². The van der Waals surface area contributed by atoms with Crippen molar-refractivity contribution in [2.75, 3.05) is 6.61 Å². The van der Waals surface area contributed by atoms with Gasteiger partial charge in [0.1, 0.15) is 10.7 Å². The van der Waals surface area contributed by atoms with Crippen molar-refractivity contribution in [2.45, 2.75) is 57.1 Å². The lowest BCUT2D eigenvalue weighted by molar-refractivity contribution is -0.111. The number of thiazole rings is 1. The monoisotopic (exact) mass is 294 g/mol. The summed E-state index contributed by atoms with van der Waals surface area (Å²) in [5, 5.41) is 2.70. The molecule has 1 aromatic heterocycles. The molecular weight excluding hydrogens is 272 g/mol. The Labute approximate surface area is 123 Å². The normalized spacial score (nSPS) is 25.8. The van der Waals surface area contributed by atoms with Gasteiger partial charge in [-0.2, -0.15) is 0 Å². The molecule has 2 N–H and O–H groups in total. The summed E-state index contributed by atoms with van der Waals surface area (Å²) in [7, 11) is 0. The summed E-state index contributed by atoms with van der Waals surface area (Å²) in [4.78, 5) is 16.9. The molecule has 3 rings (SSSR count). The van der Waals surface area contributed by atoms with Crippen LogP contribution in [0.4, 0.5) is 0 Å². The molecule has 2 heterocycles. The standard InChI is InChI=1S/C15H22N2O2S/c16-9-13-17-12(10-20-13)14(18)11-4-7-19-15(8-11)5-2-1-3-6-15/h10-11H,1-9,16H2. The molecule has 2 fully saturated rings. The second-order valence-electron chi connectivity index (χ2n) is 5.98. The number of carbonyl (C=O) groups excluding carboxylic acids is 1. The summed E-state index contributed by atoms with van der Waals surface area (Å²) in [6.07, 6.45) is 7.70. The Bertz CT molecular complexity index is 474. The van der Waals surface area contributed by atoms with E-state index in [9.17, 15) is 4.79 Å². The van der Waals surface area contributed by atoms with Crippen LogP contribution in [-0.2, 0) is 11.3 Å². The van der Waals surface area contributed by atoms with Gasteiger partial charge in [0.15, 0.2) is 5.78 Å². The molecule has 110 valence electrons. The Morgan fingerprint density at radius 1 is 1.45 bits per heavy atom. The molecule has 1 aliphatic heterocycles. The molecule has 1 spiro atoms. The molecule has 0 aromatic carbocycles. The highest BCUT2D eigenvalue weighted by atomic mass is 32.1. The maximum atomic E-state index is 12.6. The van der Waals surface area contributed by atoms with Crippen molar-refractivity contribution in [3.05, 3.63) is 16.1 Å². The first-order valence-electron chi connectivity index (χ1n) is 7.55. The second kappa shape index (κ2) is 5.92. The smallest absolute Gasteiger partial charge is 0.185 e. The van der Waals surface area contributed by atoms with E-state index in [1.54, 1.807) is 0 Å². The Hall–Kier alpha value is -0.780. The molecule has 1 aliphatic carbocycles. The van der Waals surface area contributed by atoms with Crippen molar-refractivity contribution < 1.29 is 9.53 Å². The number of rotatable bonds is 3. The van der Waals surface area contributed by atoms with Gasteiger partial charge in [0.05, 0.1) is 5.60 Å².